The van der Waals surface area contributed by atoms with Crippen molar-refractivity contribution in [3.8, 4) is 5.75 Å². The topological polar surface area (TPSA) is 84.5 Å². The lowest BCUT2D eigenvalue weighted by Crippen LogP contribution is -2.32. The third kappa shape index (κ3) is 5.91. The van der Waals surface area contributed by atoms with E-state index in [1.54, 1.807) is 19.1 Å². The summed E-state index contributed by atoms with van der Waals surface area (Å²) in [5.74, 6) is -0.464. The number of amides is 1. The quantitative estimate of drug-likeness (QED) is 0.417. The zero-order valence-corrected chi connectivity index (χ0v) is 19.1. The average molecular weight is 497 g/mol. The number of halogens is 3. The molecule has 6 nitrogen and oxygen atoms in total. The van der Waals surface area contributed by atoms with E-state index in [2.05, 4.69) is 10.0 Å². The first-order valence-electron chi connectivity index (χ1n) is 9.49. The molecule has 1 amide bonds. The zero-order chi connectivity index (χ0) is 23.3. The Labute approximate surface area is 195 Å². The van der Waals surface area contributed by atoms with Gasteiger partial charge < -0.3 is 10.1 Å². The number of ether oxygens (including phenoxy) is 1. The van der Waals surface area contributed by atoms with E-state index in [1.807, 2.05) is 0 Å². The minimum atomic E-state index is -3.92. The zero-order valence-electron chi connectivity index (χ0n) is 16.8. The second-order valence-corrected chi connectivity index (χ2v) is 9.16. The normalized spacial score (nSPS) is 12.1. The number of benzene rings is 3. The predicted molar refractivity (Wildman–Crippen MR) is 123 cm³/mol. The van der Waals surface area contributed by atoms with Crippen molar-refractivity contribution in [1.29, 1.82) is 0 Å². The first kappa shape index (κ1) is 23.8. The summed E-state index contributed by atoms with van der Waals surface area (Å²) in [4.78, 5) is 12.5. The van der Waals surface area contributed by atoms with Gasteiger partial charge in [-0.15, -0.1) is 0 Å². The van der Waals surface area contributed by atoms with Gasteiger partial charge in [-0.2, -0.15) is 0 Å². The van der Waals surface area contributed by atoms with E-state index in [1.165, 1.54) is 54.6 Å². The number of carbonyl (C=O) groups is 1. The monoisotopic (exact) mass is 496 g/mol. The Balaban J connectivity index is 1.68. The average Bonchev–Trinajstić information content (AvgIpc) is 2.76. The van der Waals surface area contributed by atoms with Crippen LogP contribution in [0.3, 0.4) is 0 Å². The van der Waals surface area contributed by atoms with Gasteiger partial charge in [-0.05, 0) is 67.1 Å². The summed E-state index contributed by atoms with van der Waals surface area (Å²) in [6.07, 6.45) is -0.435. The van der Waals surface area contributed by atoms with Crippen LogP contribution in [-0.2, 0) is 14.8 Å². The molecule has 168 valence electrons. The number of sulfonamides is 1. The first-order chi connectivity index (χ1) is 15.2. The van der Waals surface area contributed by atoms with E-state index in [9.17, 15) is 17.6 Å². The van der Waals surface area contributed by atoms with E-state index < -0.39 is 27.9 Å². The minimum Gasteiger partial charge on any atom is -0.481 e. The molecule has 32 heavy (non-hydrogen) atoms. The molecule has 3 aromatic carbocycles. The second-order valence-electron chi connectivity index (χ2n) is 6.69. The van der Waals surface area contributed by atoms with E-state index in [0.717, 1.165) is 0 Å². The van der Waals surface area contributed by atoms with Crippen molar-refractivity contribution in [2.75, 3.05) is 10.0 Å². The molecule has 1 atom stereocenters. The van der Waals surface area contributed by atoms with Gasteiger partial charge in [-0.1, -0.05) is 36.2 Å². The molecule has 0 bridgehead atoms. The lowest BCUT2D eigenvalue weighted by atomic mass is 10.2. The van der Waals surface area contributed by atoms with E-state index >= 15 is 0 Å². The number of nitrogens with one attached hydrogen (secondary N) is 2. The van der Waals surface area contributed by atoms with Gasteiger partial charge in [0.15, 0.2) is 6.10 Å². The Bertz CT molecular complexity index is 1200. The van der Waals surface area contributed by atoms with Crippen molar-refractivity contribution < 1.29 is 22.3 Å². The summed E-state index contributed by atoms with van der Waals surface area (Å²) in [5.41, 5.74) is 0.538. The summed E-state index contributed by atoms with van der Waals surface area (Å²) >= 11 is 12.0. The highest BCUT2D eigenvalue weighted by atomic mass is 35.5. The Hall–Kier alpha value is -2.81. The molecule has 0 unspecified atom stereocenters. The summed E-state index contributed by atoms with van der Waals surface area (Å²) < 4.78 is 46.3. The molecule has 10 heteroatoms. The van der Waals surface area contributed by atoms with E-state index in [0.29, 0.717) is 17.9 Å². The van der Waals surface area contributed by atoms with Crippen LogP contribution in [0, 0.1) is 5.82 Å². The SMILES string of the molecule is CC[C@@H](Oc1ccc(F)cc1)C(=O)Nc1ccc(S(=O)(=O)Nc2cccc(Cl)c2Cl)cc1. The van der Waals surface area contributed by atoms with Gasteiger partial charge in [-0.25, -0.2) is 12.8 Å². The molecular weight excluding hydrogens is 478 g/mol. The van der Waals surface area contributed by atoms with Crippen molar-refractivity contribution >= 4 is 50.5 Å². The van der Waals surface area contributed by atoms with Crippen LogP contribution in [0.1, 0.15) is 13.3 Å². The van der Waals surface area contributed by atoms with E-state index in [-0.39, 0.29) is 20.6 Å². The Morgan fingerprint density at radius 1 is 1.03 bits per heavy atom. The Morgan fingerprint density at radius 3 is 2.31 bits per heavy atom. The van der Waals surface area contributed by atoms with Crippen LogP contribution < -0.4 is 14.8 Å². The van der Waals surface area contributed by atoms with Crippen LogP contribution >= 0.6 is 23.2 Å². The summed E-state index contributed by atoms with van der Waals surface area (Å²) in [6.45, 7) is 1.77. The van der Waals surface area contributed by atoms with Gasteiger partial charge in [0.2, 0.25) is 0 Å². The Morgan fingerprint density at radius 2 is 1.69 bits per heavy atom. The molecule has 3 rings (SSSR count). The highest BCUT2D eigenvalue weighted by Gasteiger charge is 2.20. The van der Waals surface area contributed by atoms with Crippen LogP contribution in [0.15, 0.2) is 71.6 Å². The molecule has 0 fully saturated rings. The third-order valence-corrected chi connectivity index (χ3v) is 6.58. The molecule has 3 aromatic rings. The van der Waals surface area contributed by atoms with Crippen molar-refractivity contribution in [2.24, 2.45) is 0 Å². The molecular formula is C22H19Cl2FN2O4S. The molecule has 2 N–H and O–H groups in total. The van der Waals surface area contributed by atoms with Crippen LogP contribution in [-0.4, -0.2) is 20.4 Å². The fourth-order valence-electron chi connectivity index (χ4n) is 2.73. The van der Waals surface area contributed by atoms with Crippen LogP contribution in [0.4, 0.5) is 15.8 Å². The number of carbonyl (C=O) groups excluding carboxylic acids is 1. The second kappa shape index (κ2) is 10.2. The summed E-state index contributed by atoms with van der Waals surface area (Å²) in [7, 11) is -3.92. The number of hydrogen-bond donors (Lipinski definition) is 2. The minimum absolute atomic E-state index is 0.0267. The fourth-order valence-corrected chi connectivity index (χ4v) is 4.20. The lowest BCUT2D eigenvalue weighted by molar-refractivity contribution is -0.122. The van der Waals surface area contributed by atoms with Gasteiger partial charge in [0.25, 0.3) is 15.9 Å². The summed E-state index contributed by atoms with van der Waals surface area (Å²) in [5, 5.41) is 2.99. The van der Waals surface area contributed by atoms with Crippen LogP contribution in [0.5, 0.6) is 5.75 Å². The lowest BCUT2D eigenvalue weighted by Gasteiger charge is -2.17. The fraction of sp³-hybridized carbons (Fsp3) is 0.136. The predicted octanol–water partition coefficient (Wildman–Crippen LogP) is 5.73. The number of anilines is 2. The summed E-state index contributed by atoms with van der Waals surface area (Å²) in [6, 6.07) is 15.6. The molecule has 0 radical (unpaired) electrons. The van der Waals surface area contributed by atoms with Gasteiger partial charge in [0, 0.05) is 5.69 Å². The van der Waals surface area contributed by atoms with Crippen LogP contribution in [0.25, 0.3) is 0 Å². The molecule has 0 spiro atoms. The standard InChI is InChI=1S/C22H19Cl2FN2O4S/c1-2-20(31-16-10-6-14(25)7-11-16)22(28)26-15-8-12-17(13-9-15)32(29,30)27-19-5-3-4-18(23)21(19)24/h3-13,20,27H,2H2,1H3,(H,26,28)/t20-/m1/s1. The highest BCUT2D eigenvalue weighted by molar-refractivity contribution is 7.92. The Kier molecular flexibility index (Phi) is 7.60. The smallest absolute Gasteiger partial charge is 0.265 e. The molecule has 0 aliphatic carbocycles. The first-order valence-corrected chi connectivity index (χ1v) is 11.7. The van der Waals surface area contributed by atoms with Gasteiger partial charge in [0.1, 0.15) is 11.6 Å². The maximum atomic E-state index is 13.0. The van der Waals surface area contributed by atoms with E-state index in [4.69, 9.17) is 27.9 Å². The van der Waals surface area contributed by atoms with Crippen LogP contribution in [0.2, 0.25) is 10.0 Å². The third-order valence-electron chi connectivity index (χ3n) is 4.38. The molecule has 0 saturated carbocycles. The number of hydrogen-bond acceptors (Lipinski definition) is 4. The largest absolute Gasteiger partial charge is 0.481 e. The highest BCUT2D eigenvalue weighted by Crippen LogP contribution is 2.31. The van der Waals surface area contributed by atoms with Crippen molar-refractivity contribution in [3.05, 3.63) is 82.6 Å². The maximum Gasteiger partial charge on any atom is 0.265 e. The van der Waals surface area contributed by atoms with Crippen molar-refractivity contribution in [3.63, 3.8) is 0 Å². The van der Waals surface area contributed by atoms with Gasteiger partial charge >= 0.3 is 0 Å². The van der Waals surface area contributed by atoms with Gasteiger partial charge in [-0.3, -0.25) is 9.52 Å². The van der Waals surface area contributed by atoms with Crippen molar-refractivity contribution in [2.45, 2.75) is 24.3 Å². The molecule has 0 heterocycles. The molecule has 0 aliphatic rings. The van der Waals surface area contributed by atoms with Gasteiger partial charge in [0.05, 0.1) is 20.6 Å². The molecule has 0 aliphatic heterocycles. The molecule has 0 saturated heterocycles. The van der Waals surface area contributed by atoms with Crippen molar-refractivity contribution in [1.82, 2.24) is 0 Å². The maximum absolute atomic E-state index is 13.0. The molecule has 0 aromatic heterocycles. The number of rotatable bonds is 8.